The lowest BCUT2D eigenvalue weighted by Crippen LogP contribution is -2.51. The molecule has 0 spiro atoms. The molecule has 1 aliphatic rings. The fraction of sp³-hybridized carbons (Fsp3) is 0.571. The van der Waals surface area contributed by atoms with Crippen molar-refractivity contribution in [3.8, 4) is 11.5 Å². The summed E-state index contributed by atoms with van der Waals surface area (Å²) in [5, 5.41) is 13.6. The number of nitrogens with one attached hydrogen (secondary N) is 1. The molecule has 1 aliphatic heterocycles. The van der Waals surface area contributed by atoms with Crippen LogP contribution in [0.3, 0.4) is 0 Å². The quantitative estimate of drug-likeness (QED) is 0.715. The molecular weight excluding hydrogens is 342 g/mol. The first-order chi connectivity index (χ1) is 12.7. The van der Waals surface area contributed by atoms with Gasteiger partial charge in [-0.1, -0.05) is 6.08 Å². The van der Waals surface area contributed by atoms with Crippen LogP contribution < -0.4 is 10.1 Å². The Labute approximate surface area is 162 Å². The van der Waals surface area contributed by atoms with Gasteiger partial charge in [-0.05, 0) is 39.3 Å². The third-order valence-corrected chi connectivity index (χ3v) is 4.58. The van der Waals surface area contributed by atoms with E-state index in [2.05, 4.69) is 21.7 Å². The summed E-state index contributed by atoms with van der Waals surface area (Å²) in [5.74, 6) is 1.13. The van der Waals surface area contributed by atoms with E-state index < -0.39 is 0 Å². The number of carbonyl (C=O) groups is 1. The lowest BCUT2D eigenvalue weighted by atomic mass is 10.0. The van der Waals surface area contributed by atoms with Gasteiger partial charge in [0.1, 0.15) is 11.5 Å². The maximum Gasteiger partial charge on any atom is 0.234 e. The number of aromatic hydroxyl groups is 1. The van der Waals surface area contributed by atoms with Gasteiger partial charge in [0, 0.05) is 49.4 Å². The van der Waals surface area contributed by atoms with Gasteiger partial charge in [-0.2, -0.15) is 0 Å². The van der Waals surface area contributed by atoms with Crippen molar-refractivity contribution >= 4 is 5.91 Å². The second-order valence-corrected chi connectivity index (χ2v) is 8.14. The van der Waals surface area contributed by atoms with E-state index in [1.54, 1.807) is 13.2 Å². The summed E-state index contributed by atoms with van der Waals surface area (Å²) in [6.07, 6.45) is 2.38. The SMILES string of the molecule is C=CCc1cc(OC)cc(CN2CCN(CC(=O)NC(C)(C)C)CC2)c1O. The van der Waals surface area contributed by atoms with E-state index in [1.807, 2.05) is 32.9 Å². The van der Waals surface area contributed by atoms with Gasteiger partial charge in [0.2, 0.25) is 5.91 Å². The largest absolute Gasteiger partial charge is 0.507 e. The Balaban J connectivity index is 1.93. The number of amides is 1. The summed E-state index contributed by atoms with van der Waals surface area (Å²) in [6.45, 7) is 14.2. The lowest BCUT2D eigenvalue weighted by Gasteiger charge is -2.35. The fourth-order valence-corrected chi connectivity index (χ4v) is 3.28. The van der Waals surface area contributed by atoms with Gasteiger partial charge in [0.05, 0.1) is 13.7 Å². The van der Waals surface area contributed by atoms with Crippen LogP contribution in [0.2, 0.25) is 0 Å². The second kappa shape index (κ2) is 9.24. The predicted molar refractivity (Wildman–Crippen MR) is 108 cm³/mol. The van der Waals surface area contributed by atoms with Crippen molar-refractivity contribution in [2.45, 2.75) is 39.3 Å². The number of methoxy groups -OCH3 is 1. The zero-order valence-corrected chi connectivity index (χ0v) is 17.0. The van der Waals surface area contributed by atoms with Gasteiger partial charge in [-0.15, -0.1) is 6.58 Å². The van der Waals surface area contributed by atoms with Crippen LogP contribution in [0.1, 0.15) is 31.9 Å². The molecule has 6 heteroatoms. The highest BCUT2D eigenvalue weighted by Gasteiger charge is 2.22. The number of benzene rings is 1. The van der Waals surface area contributed by atoms with Crippen molar-refractivity contribution in [3.05, 3.63) is 35.9 Å². The zero-order valence-electron chi connectivity index (χ0n) is 17.0. The maximum absolute atomic E-state index is 12.1. The van der Waals surface area contributed by atoms with Gasteiger partial charge in [0.15, 0.2) is 0 Å². The minimum Gasteiger partial charge on any atom is -0.507 e. The van der Waals surface area contributed by atoms with Crippen LogP contribution in [0.15, 0.2) is 24.8 Å². The highest BCUT2D eigenvalue weighted by molar-refractivity contribution is 5.78. The number of nitrogens with zero attached hydrogens (tertiary/aromatic N) is 2. The van der Waals surface area contributed by atoms with E-state index in [4.69, 9.17) is 4.74 Å². The molecule has 27 heavy (non-hydrogen) atoms. The summed E-state index contributed by atoms with van der Waals surface area (Å²) in [5.41, 5.74) is 1.49. The first-order valence-electron chi connectivity index (χ1n) is 9.47. The minimum absolute atomic E-state index is 0.0652. The molecule has 2 rings (SSSR count). The van der Waals surface area contributed by atoms with Crippen molar-refractivity contribution in [1.29, 1.82) is 0 Å². The predicted octanol–water partition coefficient (Wildman–Crippen LogP) is 2.16. The van der Waals surface area contributed by atoms with E-state index >= 15 is 0 Å². The van der Waals surface area contributed by atoms with Crippen LogP contribution in [-0.4, -0.2) is 66.2 Å². The molecule has 1 aromatic carbocycles. The van der Waals surface area contributed by atoms with Crippen LogP contribution in [0, 0.1) is 0 Å². The lowest BCUT2D eigenvalue weighted by molar-refractivity contribution is -0.124. The normalized spacial score (nSPS) is 16.1. The molecule has 1 aromatic rings. The summed E-state index contributed by atoms with van der Waals surface area (Å²) in [6, 6.07) is 3.75. The van der Waals surface area contributed by atoms with Crippen molar-refractivity contribution in [2.24, 2.45) is 0 Å². The molecule has 1 heterocycles. The molecule has 0 radical (unpaired) electrons. The van der Waals surface area contributed by atoms with Crippen LogP contribution in [0.25, 0.3) is 0 Å². The third-order valence-electron chi connectivity index (χ3n) is 4.58. The summed E-state index contributed by atoms with van der Waals surface area (Å²) in [4.78, 5) is 16.6. The van der Waals surface area contributed by atoms with Crippen LogP contribution in [0.5, 0.6) is 11.5 Å². The molecule has 0 aliphatic carbocycles. The molecule has 0 bridgehead atoms. The third kappa shape index (κ3) is 6.56. The first-order valence-corrected chi connectivity index (χ1v) is 9.47. The average molecular weight is 376 g/mol. The van der Waals surface area contributed by atoms with Gasteiger partial charge in [0.25, 0.3) is 0 Å². The smallest absolute Gasteiger partial charge is 0.234 e. The molecule has 0 saturated carbocycles. The topological polar surface area (TPSA) is 65.0 Å². The Kier molecular flexibility index (Phi) is 7.27. The molecule has 0 aromatic heterocycles. The molecule has 1 saturated heterocycles. The highest BCUT2D eigenvalue weighted by atomic mass is 16.5. The maximum atomic E-state index is 12.1. The van der Waals surface area contributed by atoms with E-state index in [-0.39, 0.29) is 11.4 Å². The van der Waals surface area contributed by atoms with Crippen LogP contribution in [-0.2, 0) is 17.8 Å². The number of piperazine rings is 1. The van der Waals surface area contributed by atoms with Crippen LogP contribution >= 0.6 is 0 Å². The number of carbonyl (C=O) groups excluding carboxylic acids is 1. The first kappa shape index (κ1) is 21.3. The van der Waals surface area contributed by atoms with Crippen molar-refractivity contribution in [2.75, 3.05) is 39.8 Å². The molecule has 1 fully saturated rings. The van der Waals surface area contributed by atoms with Gasteiger partial charge in [-0.25, -0.2) is 0 Å². The van der Waals surface area contributed by atoms with Crippen LogP contribution in [0.4, 0.5) is 0 Å². The Hall–Kier alpha value is -2.05. The summed E-state index contributed by atoms with van der Waals surface area (Å²) >= 11 is 0. The monoisotopic (exact) mass is 375 g/mol. The number of phenolic OH excluding ortho intramolecular Hbond substituents is 1. The molecule has 0 atom stereocenters. The van der Waals surface area contributed by atoms with Gasteiger partial charge in [-0.3, -0.25) is 14.6 Å². The van der Waals surface area contributed by atoms with E-state index in [9.17, 15) is 9.90 Å². The molecule has 150 valence electrons. The Morgan fingerprint density at radius 1 is 1.22 bits per heavy atom. The van der Waals surface area contributed by atoms with E-state index in [1.165, 1.54) is 0 Å². The van der Waals surface area contributed by atoms with Crippen molar-refractivity contribution in [1.82, 2.24) is 15.1 Å². The van der Waals surface area contributed by atoms with Crippen molar-refractivity contribution < 1.29 is 14.6 Å². The standard InChI is InChI=1S/C21H33N3O3/c1-6-7-16-12-18(27-5)13-17(20(16)26)14-23-8-10-24(11-9-23)15-19(25)22-21(2,3)4/h6,12-13,26H,1,7-11,14-15H2,2-5H3,(H,22,25). The zero-order chi connectivity index (χ0) is 20.0. The van der Waals surface area contributed by atoms with E-state index in [0.29, 0.717) is 25.3 Å². The van der Waals surface area contributed by atoms with E-state index in [0.717, 1.165) is 43.1 Å². The Morgan fingerprint density at radius 3 is 2.37 bits per heavy atom. The molecular formula is C21H33N3O3. The molecule has 0 unspecified atom stereocenters. The van der Waals surface area contributed by atoms with Gasteiger partial charge < -0.3 is 15.2 Å². The number of hydrogen-bond acceptors (Lipinski definition) is 5. The summed E-state index contributed by atoms with van der Waals surface area (Å²) in [7, 11) is 1.63. The molecule has 1 amide bonds. The number of ether oxygens (including phenoxy) is 1. The average Bonchev–Trinajstić information content (AvgIpc) is 2.58. The number of hydrogen-bond donors (Lipinski definition) is 2. The second-order valence-electron chi connectivity index (χ2n) is 8.14. The Bertz CT molecular complexity index is 659. The molecule has 6 nitrogen and oxygen atoms in total. The number of rotatable bonds is 7. The highest BCUT2D eigenvalue weighted by Crippen LogP contribution is 2.30. The summed E-state index contributed by atoms with van der Waals surface area (Å²) < 4.78 is 5.37. The number of allylic oxidation sites excluding steroid dienone is 1. The van der Waals surface area contributed by atoms with Crippen molar-refractivity contribution in [3.63, 3.8) is 0 Å². The minimum atomic E-state index is -0.202. The number of phenols is 1. The fourth-order valence-electron chi connectivity index (χ4n) is 3.28. The molecule has 2 N–H and O–H groups in total. The Morgan fingerprint density at radius 2 is 1.81 bits per heavy atom. The van der Waals surface area contributed by atoms with Gasteiger partial charge >= 0.3 is 0 Å².